The first-order valence-electron chi connectivity index (χ1n) is 9.80. The van der Waals surface area contributed by atoms with Crippen molar-refractivity contribution in [2.45, 2.75) is 13.1 Å². The van der Waals surface area contributed by atoms with Crippen LogP contribution < -0.4 is 5.11 Å². The Hall–Kier alpha value is -3.91. The molecule has 8 heteroatoms. The Balaban J connectivity index is 1.67. The zero-order valence-corrected chi connectivity index (χ0v) is 17.7. The van der Waals surface area contributed by atoms with Crippen LogP contribution in [0, 0.1) is 10.1 Å². The SMILES string of the molecule is O=C1/C(=C\c2cc([N+](=O)[O-])ccc2[O-])SC(=NCc2ccccc2)N1Cc1ccccc1. The first-order chi connectivity index (χ1) is 15.5. The zero-order valence-electron chi connectivity index (χ0n) is 16.9. The molecule has 160 valence electrons. The highest BCUT2D eigenvalue weighted by molar-refractivity contribution is 8.18. The van der Waals surface area contributed by atoms with Crippen molar-refractivity contribution in [1.82, 2.24) is 4.90 Å². The number of amides is 1. The average Bonchev–Trinajstić information content (AvgIpc) is 3.09. The summed E-state index contributed by atoms with van der Waals surface area (Å²) < 4.78 is 0. The van der Waals surface area contributed by atoms with Crippen molar-refractivity contribution in [1.29, 1.82) is 0 Å². The fourth-order valence-corrected chi connectivity index (χ4v) is 4.14. The van der Waals surface area contributed by atoms with E-state index in [0.717, 1.165) is 35.0 Å². The molecular weight excluding hydrogens is 426 g/mol. The number of benzene rings is 3. The standard InChI is InChI=1S/C24H19N3O4S/c28-21-12-11-20(27(30)31)13-19(21)14-22-23(29)26(16-18-9-5-2-6-10-18)24(32-22)25-15-17-7-3-1-4-8-17/h1-14,28H,15-16H2/p-1/b22-14+,25-24?. The third-order valence-corrected chi connectivity index (χ3v) is 5.85. The monoisotopic (exact) mass is 444 g/mol. The molecule has 3 aromatic rings. The minimum absolute atomic E-state index is 0.0963. The van der Waals surface area contributed by atoms with Crippen LogP contribution in [-0.4, -0.2) is 20.9 Å². The number of nitro groups is 1. The van der Waals surface area contributed by atoms with E-state index >= 15 is 0 Å². The smallest absolute Gasteiger partial charge is 0.269 e. The van der Waals surface area contributed by atoms with Gasteiger partial charge in [-0.1, -0.05) is 66.7 Å². The van der Waals surface area contributed by atoms with Crippen molar-refractivity contribution in [2.24, 2.45) is 4.99 Å². The van der Waals surface area contributed by atoms with Crippen molar-refractivity contribution in [3.63, 3.8) is 0 Å². The van der Waals surface area contributed by atoms with Crippen molar-refractivity contribution in [2.75, 3.05) is 0 Å². The molecule has 1 aliphatic rings. The van der Waals surface area contributed by atoms with Gasteiger partial charge < -0.3 is 5.11 Å². The molecule has 32 heavy (non-hydrogen) atoms. The van der Waals surface area contributed by atoms with Gasteiger partial charge in [-0.25, -0.2) is 0 Å². The lowest BCUT2D eigenvalue weighted by Crippen LogP contribution is -2.28. The van der Waals surface area contributed by atoms with Crippen LogP contribution in [0.4, 0.5) is 5.69 Å². The zero-order chi connectivity index (χ0) is 22.5. The summed E-state index contributed by atoms with van der Waals surface area (Å²) >= 11 is 1.16. The van der Waals surface area contributed by atoms with E-state index in [1.165, 1.54) is 12.1 Å². The number of rotatable bonds is 6. The van der Waals surface area contributed by atoms with Crippen LogP contribution in [0.5, 0.6) is 5.75 Å². The minimum atomic E-state index is -0.570. The fraction of sp³-hybridized carbons (Fsp3) is 0.0833. The van der Waals surface area contributed by atoms with E-state index in [2.05, 4.69) is 4.99 Å². The molecule has 0 unspecified atom stereocenters. The Bertz CT molecular complexity index is 1210. The molecule has 0 aromatic heterocycles. The Morgan fingerprint density at radius 3 is 2.28 bits per heavy atom. The second-order valence-electron chi connectivity index (χ2n) is 7.05. The molecule has 3 aromatic carbocycles. The molecular formula is C24H18N3O4S-. The van der Waals surface area contributed by atoms with E-state index in [4.69, 9.17) is 0 Å². The van der Waals surface area contributed by atoms with Crippen LogP contribution in [0.1, 0.15) is 16.7 Å². The number of thioether (sulfide) groups is 1. The molecule has 0 aliphatic carbocycles. The number of aliphatic imine (C=N–C) groups is 1. The van der Waals surface area contributed by atoms with Crippen LogP contribution in [-0.2, 0) is 17.9 Å². The Morgan fingerprint density at radius 1 is 0.969 bits per heavy atom. The summed E-state index contributed by atoms with van der Waals surface area (Å²) in [6.07, 6.45) is 1.41. The van der Waals surface area contributed by atoms with Gasteiger partial charge in [0, 0.05) is 12.1 Å². The predicted molar refractivity (Wildman–Crippen MR) is 123 cm³/mol. The fourth-order valence-electron chi connectivity index (χ4n) is 3.18. The normalized spacial score (nSPS) is 16.1. The maximum atomic E-state index is 13.2. The number of amidine groups is 1. The minimum Gasteiger partial charge on any atom is -0.872 e. The molecule has 1 fully saturated rings. The van der Waals surface area contributed by atoms with Crippen LogP contribution >= 0.6 is 11.8 Å². The Kier molecular flexibility index (Phi) is 6.32. The lowest BCUT2D eigenvalue weighted by Gasteiger charge is -2.16. The predicted octanol–water partition coefficient (Wildman–Crippen LogP) is 4.34. The number of nitrogens with zero attached hydrogens (tertiary/aromatic N) is 3. The Labute approximate surface area is 188 Å². The van der Waals surface area contributed by atoms with E-state index in [1.807, 2.05) is 60.7 Å². The van der Waals surface area contributed by atoms with Gasteiger partial charge in [-0.05, 0) is 34.5 Å². The van der Waals surface area contributed by atoms with Crippen LogP contribution in [0.25, 0.3) is 6.08 Å². The third-order valence-electron chi connectivity index (χ3n) is 4.80. The molecule has 4 rings (SSSR count). The van der Waals surface area contributed by atoms with Crippen molar-refractivity contribution in [3.8, 4) is 5.75 Å². The number of carbonyl (C=O) groups excluding carboxylic acids is 1. The second kappa shape index (κ2) is 9.49. The highest BCUT2D eigenvalue weighted by Gasteiger charge is 2.33. The molecule has 0 N–H and O–H groups in total. The highest BCUT2D eigenvalue weighted by Crippen LogP contribution is 2.35. The quantitative estimate of drug-likeness (QED) is 0.320. The van der Waals surface area contributed by atoms with Gasteiger partial charge in [0.05, 0.1) is 22.9 Å². The van der Waals surface area contributed by atoms with Gasteiger partial charge in [0.15, 0.2) is 5.17 Å². The first-order valence-corrected chi connectivity index (χ1v) is 10.6. The molecule has 1 aliphatic heterocycles. The summed E-state index contributed by atoms with van der Waals surface area (Å²) in [6, 6.07) is 22.7. The average molecular weight is 444 g/mol. The third kappa shape index (κ3) is 4.87. The first kappa shape index (κ1) is 21.3. The van der Waals surface area contributed by atoms with Gasteiger partial charge in [0.2, 0.25) is 0 Å². The van der Waals surface area contributed by atoms with Gasteiger partial charge in [0.25, 0.3) is 11.6 Å². The van der Waals surface area contributed by atoms with Gasteiger partial charge in [-0.15, -0.1) is 5.75 Å². The number of non-ortho nitro benzene ring substituents is 1. The molecule has 0 atom stereocenters. The summed E-state index contributed by atoms with van der Waals surface area (Å²) in [5, 5.41) is 23.8. The Morgan fingerprint density at radius 2 is 1.62 bits per heavy atom. The highest BCUT2D eigenvalue weighted by atomic mass is 32.2. The van der Waals surface area contributed by atoms with Gasteiger partial charge in [-0.3, -0.25) is 24.8 Å². The van der Waals surface area contributed by atoms with Crippen LogP contribution in [0.2, 0.25) is 0 Å². The molecule has 0 saturated carbocycles. The largest absolute Gasteiger partial charge is 0.872 e. The summed E-state index contributed by atoms with van der Waals surface area (Å²) in [5.74, 6) is -0.683. The van der Waals surface area contributed by atoms with Gasteiger partial charge in [-0.2, -0.15) is 0 Å². The van der Waals surface area contributed by atoms with Crippen LogP contribution in [0.15, 0.2) is 88.8 Å². The lowest BCUT2D eigenvalue weighted by atomic mass is 10.1. The van der Waals surface area contributed by atoms with Crippen molar-refractivity contribution >= 4 is 34.6 Å². The molecule has 0 spiro atoms. The number of carbonyl (C=O) groups is 1. The van der Waals surface area contributed by atoms with E-state index < -0.39 is 4.92 Å². The van der Waals surface area contributed by atoms with E-state index in [0.29, 0.717) is 23.2 Å². The van der Waals surface area contributed by atoms with Gasteiger partial charge >= 0.3 is 0 Å². The van der Waals surface area contributed by atoms with E-state index in [-0.39, 0.29) is 22.9 Å². The number of hydrogen-bond acceptors (Lipinski definition) is 6. The second-order valence-corrected chi connectivity index (χ2v) is 8.06. The maximum absolute atomic E-state index is 13.2. The molecule has 1 saturated heterocycles. The molecule has 1 amide bonds. The van der Waals surface area contributed by atoms with E-state index in [1.54, 1.807) is 4.90 Å². The van der Waals surface area contributed by atoms with Crippen LogP contribution in [0.3, 0.4) is 0 Å². The summed E-state index contributed by atoms with van der Waals surface area (Å²) in [4.78, 5) is 30.2. The molecule has 0 radical (unpaired) electrons. The molecule has 7 nitrogen and oxygen atoms in total. The maximum Gasteiger partial charge on any atom is 0.269 e. The summed E-state index contributed by atoms with van der Waals surface area (Å²) in [7, 11) is 0. The van der Waals surface area contributed by atoms with Gasteiger partial charge in [0.1, 0.15) is 0 Å². The number of nitro benzene ring substituents is 1. The van der Waals surface area contributed by atoms with Crippen molar-refractivity contribution in [3.05, 3.63) is 111 Å². The summed E-state index contributed by atoms with van der Waals surface area (Å²) in [6.45, 7) is 0.732. The topological polar surface area (TPSA) is 98.9 Å². The van der Waals surface area contributed by atoms with E-state index in [9.17, 15) is 20.0 Å². The lowest BCUT2D eigenvalue weighted by molar-refractivity contribution is -0.385. The molecule has 0 bridgehead atoms. The summed E-state index contributed by atoms with van der Waals surface area (Å²) in [5.41, 5.74) is 1.84. The van der Waals surface area contributed by atoms with Crippen molar-refractivity contribution < 1.29 is 14.8 Å². The number of hydrogen-bond donors (Lipinski definition) is 0. The molecule has 1 heterocycles.